The molecule has 0 saturated carbocycles. The Morgan fingerprint density at radius 1 is 0.600 bits per heavy atom. The molecule has 0 bridgehead atoms. The maximum absolute atomic E-state index is 2.49. The molecular formula is C22H44P2Rh. The second kappa shape index (κ2) is 12.4. The molecule has 0 aromatic rings. The van der Waals surface area contributed by atoms with Crippen molar-refractivity contribution in [2.45, 2.75) is 103 Å². The predicted molar refractivity (Wildman–Crippen MR) is 121 cm³/mol. The summed E-state index contributed by atoms with van der Waals surface area (Å²) < 4.78 is 0. The summed E-state index contributed by atoms with van der Waals surface area (Å²) in [6.45, 7) is 24.2. The Kier molecular flexibility index (Phi) is 14.0. The molecule has 0 heterocycles. The van der Waals surface area contributed by atoms with Crippen LogP contribution in [-0.2, 0) is 19.5 Å². The van der Waals surface area contributed by atoms with Gasteiger partial charge in [-0.05, 0) is 53.7 Å². The summed E-state index contributed by atoms with van der Waals surface area (Å²) in [6, 6.07) is 0. The van der Waals surface area contributed by atoms with E-state index in [0.29, 0.717) is 15.5 Å². The van der Waals surface area contributed by atoms with Gasteiger partial charge in [-0.25, -0.2) is 0 Å². The number of allylic oxidation sites excluding steroid dienone is 4. The van der Waals surface area contributed by atoms with Gasteiger partial charge >= 0.3 is 0 Å². The molecule has 1 aliphatic rings. The van der Waals surface area contributed by atoms with Gasteiger partial charge in [-0.1, -0.05) is 102 Å². The molecular weight excluding hydrogens is 429 g/mol. The van der Waals surface area contributed by atoms with E-state index in [1.807, 2.05) is 0 Å². The smallest absolute Gasteiger partial charge is 0 e. The Morgan fingerprint density at radius 3 is 1.08 bits per heavy atom. The van der Waals surface area contributed by atoms with E-state index >= 15 is 0 Å². The van der Waals surface area contributed by atoms with E-state index in [1.165, 1.54) is 31.6 Å². The van der Waals surface area contributed by atoms with Crippen molar-refractivity contribution in [3.63, 3.8) is 0 Å². The predicted octanol–water partition coefficient (Wildman–Crippen LogP) is 8.60. The first kappa shape index (κ1) is 28.2. The largest absolute Gasteiger partial charge is 0.0999 e. The van der Waals surface area contributed by atoms with Crippen LogP contribution in [0, 0.1) is 0 Å². The molecule has 0 aliphatic heterocycles. The zero-order valence-electron chi connectivity index (χ0n) is 18.6. The van der Waals surface area contributed by atoms with Gasteiger partial charge < -0.3 is 0 Å². The van der Waals surface area contributed by atoms with Crippen molar-refractivity contribution in [1.82, 2.24) is 0 Å². The van der Waals surface area contributed by atoms with E-state index in [-0.39, 0.29) is 35.3 Å². The Balaban J connectivity index is 0. The second-order valence-corrected chi connectivity index (χ2v) is 17.3. The molecule has 1 radical (unpaired) electrons. The van der Waals surface area contributed by atoms with Crippen LogP contribution in [0.4, 0.5) is 0 Å². The first-order chi connectivity index (χ1) is 10.8. The van der Waals surface area contributed by atoms with Crippen LogP contribution in [0.5, 0.6) is 0 Å². The van der Waals surface area contributed by atoms with E-state index in [4.69, 9.17) is 0 Å². The molecule has 151 valence electrons. The second-order valence-electron chi connectivity index (χ2n) is 9.88. The summed E-state index contributed by atoms with van der Waals surface area (Å²) in [4.78, 5) is 0. The molecule has 0 fully saturated rings. The Labute approximate surface area is 175 Å². The van der Waals surface area contributed by atoms with Gasteiger partial charge in [0.1, 0.15) is 0 Å². The van der Waals surface area contributed by atoms with Crippen LogP contribution in [0.25, 0.3) is 0 Å². The average molecular weight is 473 g/mol. The van der Waals surface area contributed by atoms with Crippen molar-refractivity contribution in [3.8, 4) is 0 Å². The third kappa shape index (κ3) is 13.7. The fraction of sp³-hybridized carbons (Fsp3) is 0.818. The molecule has 0 aromatic carbocycles. The van der Waals surface area contributed by atoms with E-state index in [2.05, 4.69) is 93.3 Å². The summed E-state index contributed by atoms with van der Waals surface area (Å²) in [5.74, 6) is 1.46. The Bertz CT molecular complexity index is 352. The van der Waals surface area contributed by atoms with Gasteiger partial charge in [-0.2, -0.15) is 0 Å². The van der Waals surface area contributed by atoms with Crippen molar-refractivity contribution < 1.29 is 19.5 Å². The fourth-order valence-corrected chi connectivity index (χ4v) is 11.5. The van der Waals surface area contributed by atoms with Gasteiger partial charge in [0.25, 0.3) is 0 Å². The third-order valence-corrected chi connectivity index (χ3v) is 12.8. The standard InChI is InChI=1S/C14H32P2.C8H12.Rh/c1-12(2,3)15(10)11-16(13(4,5)6)14(7,8)9;1-2-4-6-8-7-5-3-1;/h11H2,1-10H3;1-2,7-8H,3-6H2;/b;2-1-,8-7-;/t15-;;/m1../s1. The van der Waals surface area contributed by atoms with Crippen LogP contribution < -0.4 is 0 Å². The summed E-state index contributed by atoms with van der Waals surface area (Å²) in [6.07, 6.45) is 14.0. The van der Waals surface area contributed by atoms with Gasteiger partial charge in [0.05, 0.1) is 0 Å². The summed E-state index contributed by atoms with van der Waals surface area (Å²) in [5, 5.41) is 1.47. The molecule has 0 aromatic heterocycles. The SMILES string of the molecule is C1=C\CC/C=C\CC/1.C[P@](CP(C(C)(C)C)C(C)(C)C)C(C)(C)C.[Rh]. The van der Waals surface area contributed by atoms with Gasteiger partial charge in [0.15, 0.2) is 0 Å². The molecule has 0 amide bonds. The molecule has 25 heavy (non-hydrogen) atoms. The zero-order valence-corrected chi connectivity index (χ0v) is 22.0. The number of hydrogen-bond acceptors (Lipinski definition) is 0. The monoisotopic (exact) mass is 473 g/mol. The molecule has 0 N–H and O–H groups in total. The summed E-state index contributed by atoms with van der Waals surface area (Å²) >= 11 is 0. The van der Waals surface area contributed by atoms with Crippen LogP contribution >= 0.6 is 15.8 Å². The molecule has 0 nitrogen and oxygen atoms in total. The first-order valence-corrected chi connectivity index (χ1v) is 13.1. The number of hydrogen-bond donors (Lipinski definition) is 0. The summed E-state index contributed by atoms with van der Waals surface area (Å²) in [5.41, 5.74) is 0. The normalized spacial score (nSPS) is 19.6. The quantitative estimate of drug-likeness (QED) is 0.214. The van der Waals surface area contributed by atoms with Gasteiger partial charge in [0, 0.05) is 19.5 Å². The Morgan fingerprint density at radius 2 is 0.880 bits per heavy atom. The zero-order chi connectivity index (χ0) is 19.0. The molecule has 3 heteroatoms. The van der Waals surface area contributed by atoms with Crippen molar-refractivity contribution in [2.24, 2.45) is 0 Å². The van der Waals surface area contributed by atoms with Crippen molar-refractivity contribution in [1.29, 1.82) is 0 Å². The molecule has 0 unspecified atom stereocenters. The van der Waals surface area contributed by atoms with Gasteiger partial charge in [-0.3, -0.25) is 0 Å². The third-order valence-electron chi connectivity index (χ3n) is 4.45. The average Bonchev–Trinajstić information content (AvgIpc) is 2.31. The molecule has 0 saturated heterocycles. The topological polar surface area (TPSA) is 0 Å². The van der Waals surface area contributed by atoms with Crippen molar-refractivity contribution in [3.05, 3.63) is 24.3 Å². The molecule has 0 spiro atoms. The van der Waals surface area contributed by atoms with E-state index < -0.39 is 0 Å². The van der Waals surface area contributed by atoms with Crippen LogP contribution in [0.15, 0.2) is 24.3 Å². The number of rotatable bonds is 2. The van der Waals surface area contributed by atoms with Crippen LogP contribution in [-0.4, -0.2) is 28.0 Å². The minimum atomic E-state index is 0. The van der Waals surface area contributed by atoms with Gasteiger partial charge in [-0.15, -0.1) is 0 Å². The molecule has 1 atom stereocenters. The minimum absolute atomic E-state index is 0. The maximum Gasteiger partial charge on any atom is 0 e. The van der Waals surface area contributed by atoms with Crippen LogP contribution in [0.3, 0.4) is 0 Å². The minimum Gasteiger partial charge on any atom is -0.0999 e. The van der Waals surface area contributed by atoms with Crippen molar-refractivity contribution >= 4 is 15.8 Å². The Hall–Kier alpha value is 0.963. The molecule has 1 aliphatic carbocycles. The fourth-order valence-electron chi connectivity index (χ4n) is 2.71. The summed E-state index contributed by atoms with van der Waals surface area (Å²) in [7, 11) is 0.222. The van der Waals surface area contributed by atoms with Crippen LogP contribution in [0.2, 0.25) is 0 Å². The van der Waals surface area contributed by atoms with Crippen LogP contribution in [0.1, 0.15) is 88.0 Å². The van der Waals surface area contributed by atoms with Gasteiger partial charge in [0.2, 0.25) is 0 Å². The van der Waals surface area contributed by atoms with Crippen molar-refractivity contribution in [2.75, 3.05) is 12.6 Å². The van der Waals surface area contributed by atoms with E-state index in [0.717, 1.165) is 0 Å². The van der Waals surface area contributed by atoms with E-state index in [9.17, 15) is 0 Å². The van der Waals surface area contributed by atoms with E-state index in [1.54, 1.807) is 0 Å². The first-order valence-electron chi connectivity index (χ1n) is 9.55. The molecule has 1 rings (SSSR count). The maximum atomic E-state index is 2.49.